The quantitative estimate of drug-likeness (QED) is 0.626. The van der Waals surface area contributed by atoms with Gasteiger partial charge >= 0.3 is 0 Å². The lowest BCUT2D eigenvalue weighted by atomic mass is 10.2. The Labute approximate surface area is 80.3 Å². The zero-order valence-electron chi connectivity index (χ0n) is 8.23. The molecule has 6 heteroatoms. The SMILES string of the molecule is CCC(CC)N(CCN)S(N)(=O)=O. The monoisotopic (exact) mass is 209 g/mol. The van der Waals surface area contributed by atoms with Crippen molar-refractivity contribution in [1.82, 2.24) is 4.31 Å². The minimum absolute atomic E-state index is 0.0291. The summed E-state index contributed by atoms with van der Waals surface area (Å²) in [6.45, 7) is 4.46. The standard InChI is InChI=1S/C7H19N3O2S/c1-3-7(4-2)10(6-5-8)13(9,11)12/h7H,3-6,8H2,1-2H3,(H2,9,11,12). The first-order valence-electron chi connectivity index (χ1n) is 4.46. The molecule has 13 heavy (non-hydrogen) atoms. The van der Waals surface area contributed by atoms with Crippen LogP contribution in [0.5, 0.6) is 0 Å². The van der Waals surface area contributed by atoms with Crippen molar-refractivity contribution in [2.45, 2.75) is 32.7 Å². The Balaban J connectivity index is 4.58. The van der Waals surface area contributed by atoms with Crippen molar-refractivity contribution in [3.8, 4) is 0 Å². The minimum Gasteiger partial charge on any atom is -0.329 e. The summed E-state index contributed by atoms with van der Waals surface area (Å²) in [7, 11) is -3.60. The van der Waals surface area contributed by atoms with E-state index in [0.29, 0.717) is 13.1 Å². The molecule has 5 nitrogen and oxygen atoms in total. The first-order chi connectivity index (χ1) is 5.97. The predicted molar refractivity (Wildman–Crippen MR) is 53.2 cm³/mol. The maximum absolute atomic E-state index is 11.1. The van der Waals surface area contributed by atoms with Gasteiger partial charge in [-0.1, -0.05) is 13.8 Å². The Hall–Kier alpha value is -0.170. The second kappa shape index (κ2) is 5.54. The summed E-state index contributed by atoms with van der Waals surface area (Å²) < 4.78 is 23.5. The zero-order valence-corrected chi connectivity index (χ0v) is 9.05. The van der Waals surface area contributed by atoms with E-state index in [4.69, 9.17) is 10.9 Å². The Morgan fingerprint density at radius 3 is 2.00 bits per heavy atom. The van der Waals surface area contributed by atoms with Crippen LogP contribution in [0, 0.1) is 0 Å². The van der Waals surface area contributed by atoms with Crippen molar-refractivity contribution >= 4 is 10.2 Å². The Kier molecular flexibility index (Phi) is 5.46. The van der Waals surface area contributed by atoms with E-state index in [2.05, 4.69) is 0 Å². The summed E-state index contributed by atoms with van der Waals surface area (Å²) in [6.07, 6.45) is 1.51. The van der Waals surface area contributed by atoms with E-state index >= 15 is 0 Å². The van der Waals surface area contributed by atoms with Crippen LogP contribution >= 0.6 is 0 Å². The molecule has 0 unspecified atom stereocenters. The molecule has 0 aromatic carbocycles. The van der Waals surface area contributed by atoms with Crippen molar-refractivity contribution in [3.63, 3.8) is 0 Å². The molecule has 0 fully saturated rings. The van der Waals surface area contributed by atoms with Gasteiger partial charge in [0.05, 0.1) is 0 Å². The zero-order chi connectivity index (χ0) is 10.5. The van der Waals surface area contributed by atoms with Crippen LogP contribution in [-0.4, -0.2) is 31.9 Å². The van der Waals surface area contributed by atoms with E-state index in [1.165, 1.54) is 4.31 Å². The van der Waals surface area contributed by atoms with Crippen LogP contribution in [0.15, 0.2) is 0 Å². The van der Waals surface area contributed by atoms with Crippen LogP contribution < -0.4 is 10.9 Å². The lowest BCUT2D eigenvalue weighted by molar-refractivity contribution is 0.309. The van der Waals surface area contributed by atoms with Gasteiger partial charge in [-0.3, -0.25) is 0 Å². The third kappa shape index (κ3) is 4.04. The topological polar surface area (TPSA) is 89.4 Å². The smallest absolute Gasteiger partial charge is 0.277 e. The van der Waals surface area contributed by atoms with Crippen LogP contribution in [0.4, 0.5) is 0 Å². The van der Waals surface area contributed by atoms with E-state index < -0.39 is 10.2 Å². The largest absolute Gasteiger partial charge is 0.329 e. The third-order valence-corrected chi connectivity index (χ3v) is 3.16. The van der Waals surface area contributed by atoms with Crippen molar-refractivity contribution in [2.24, 2.45) is 10.9 Å². The molecule has 0 aliphatic heterocycles. The Bertz CT molecular complexity index is 224. The number of nitrogens with zero attached hydrogens (tertiary/aromatic N) is 1. The van der Waals surface area contributed by atoms with Gasteiger partial charge in [0.1, 0.15) is 0 Å². The number of hydrogen-bond acceptors (Lipinski definition) is 3. The molecular weight excluding hydrogens is 190 g/mol. The molecular formula is C7H19N3O2S. The summed E-state index contributed by atoms with van der Waals surface area (Å²) in [5.41, 5.74) is 5.31. The fourth-order valence-corrected chi connectivity index (χ4v) is 2.41. The second-order valence-corrected chi connectivity index (χ2v) is 4.41. The summed E-state index contributed by atoms with van der Waals surface area (Å²) in [4.78, 5) is 0. The molecule has 0 aromatic rings. The molecule has 0 heterocycles. The molecule has 0 saturated heterocycles. The highest BCUT2D eigenvalue weighted by Gasteiger charge is 2.23. The first-order valence-corrected chi connectivity index (χ1v) is 5.97. The molecule has 4 N–H and O–H groups in total. The summed E-state index contributed by atoms with van der Waals surface area (Å²) in [5, 5.41) is 5.06. The number of rotatable bonds is 6. The second-order valence-electron chi connectivity index (χ2n) is 2.91. The molecule has 0 bridgehead atoms. The molecule has 0 radical (unpaired) electrons. The van der Waals surface area contributed by atoms with Crippen LogP contribution in [0.3, 0.4) is 0 Å². The van der Waals surface area contributed by atoms with E-state index in [1.54, 1.807) is 0 Å². The molecule has 0 rings (SSSR count). The van der Waals surface area contributed by atoms with Crippen molar-refractivity contribution in [3.05, 3.63) is 0 Å². The van der Waals surface area contributed by atoms with Gasteiger partial charge in [-0.25, -0.2) is 5.14 Å². The summed E-state index contributed by atoms with van der Waals surface area (Å²) in [6, 6.07) is -0.0291. The van der Waals surface area contributed by atoms with E-state index in [9.17, 15) is 8.42 Å². The van der Waals surface area contributed by atoms with Gasteiger partial charge in [-0.2, -0.15) is 12.7 Å². The Morgan fingerprint density at radius 2 is 1.77 bits per heavy atom. The molecule has 0 aliphatic rings. The molecule has 0 aromatic heterocycles. The van der Waals surface area contributed by atoms with Crippen LogP contribution in [0.1, 0.15) is 26.7 Å². The highest BCUT2D eigenvalue weighted by Crippen LogP contribution is 2.10. The third-order valence-electron chi connectivity index (χ3n) is 2.03. The van der Waals surface area contributed by atoms with Crippen molar-refractivity contribution in [1.29, 1.82) is 0 Å². The van der Waals surface area contributed by atoms with Gasteiger partial charge in [0.25, 0.3) is 10.2 Å². The first kappa shape index (κ1) is 12.8. The van der Waals surface area contributed by atoms with Gasteiger partial charge in [-0.15, -0.1) is 0 Å². The summed E-state index contributed by atoms with van der Waals surface area (Å²) in [5.74, 6) is 0. The summed E-state index contributed by atoms with van der Waals surface area (Å²) >= 11 is 0. The highest BCUT2D eigenvalue weighted by atomic mass is 32.2. The van der Waals surface area contributed by atoms with E-state index in [-0.39, 0.29) is 6.04 Å². The van der Waals surface area contributed by atoms with Crippen molar-refractivity contribution < 1.29 is 8.42 Å². The Morgan fingerprint density at radius 1 is 1.31 bits per heavy atom. The maximum atomic E-state index is 11.1. The predicted octanol–water partition coefficient (Wildman–Crippen LogP) is -0.361. The van der Waals surface area contributed by atoms with Crippen LogP contribution in [0.2, 0.25) is 0 Å². The van der Waals surface area contributed by atoms with E-state index in [1.807, 2.05) is 13.8 Å². The molecule has 80 valence electrons. The van der Waals surface area contributed by atoms with Gasteiger partial charge in [-0.05, 0) is 12.8 Å². The average Bonchev–Trinajstić information content (AvgIpc) is 2.03. The average molecular weight is 209 g/mol. The normalized spacial score (nSPS) is 12.8. The molecule has 0 aliphatic carbocycles. The van der Waals surface area contributed by atoms with Crippen LogP contribution in [0.25, 0.3) is 0 Å². The van der Waals surface area contributed by atoms with Crippen LogP contribution in [-0.2, 0) is 10.2 Å². The number of nitrogens with two attached hydrogens (primary N) is 2. The maximum Gasteiger partial charge on any atom is 0.277 e. The lowest BCUT2D eigenvalue weighted by Crippen LogP contribution is -2.46. The lowest BCUT2D eigenvalue weighted by Gasteiger charge is -2.26. The fourth-order valence-electron chi connectivity index (χ4n) is 1.34. The number of hydrogen-bond donors (Lipinski definition) is 2. The molecule has 0 saturated carbocycles. The van der Waals surface area contributed by atoms with Gasteiger partial charge < -0.3 is 5.73 Å². The molecule has 0 atom stereocenters. The van der Waals surface area contributed by atoms with Gasteiger partial charge in [0.15, 0.2) is 0 Å². The van der Waals surface area contributed by atoms with Gasteiger partial charge in [0, 0.05) is 19.1 Å². The van der Waals surface area contributed by atoms with E-state index in [0.717, 1.165) is 12.8 Å². The van der Waals surface area contributed by atoms with Crippen molar-refractivity contribution in [2.75, 3.05) is 13.1 Å². The van der Waals surface area contributed by atoms with Gasteiger partial charge in [0.2, 0.25) is 0 Å². The molecule has 0 spiro atoms. The fraction of sp³-hybridized carbons (Fsp3) is 1.00. The molecule has 0 amide bonds. The highest BCUT2D eigenvalue weighted by molar-refractivity contribution is 7.86. The minimum atomic E-state index is -3.60.